The molecule has 3 aromatic rings. The van der Waals surface area contributed by atoms with Gasteiger partial charge in [0, 0.05) is 33.8 Å². The van der Waals surface area contributed by atoms with E-state index in [1.54, 1.807) is 24.3 Å². The van der Waals surface area contributed by atoms with Crippen molar-refractivity contribution in [2.75, 3.05) is 6.61 Å². The SMILES string of the molecule is C=CCc1cc(/C=C(/C#N)C(=O)c2cccc([N+](=O)[O-])c2)cc(OCC)c1OCc1ccccc1Cl. The number of benzene rings is 3. The number of hydrogen-bond acceptors (Lipinski definition) is 6. The maximum atomic E-state index is 12.9. The van der Waals surface area contributed by atoms with Crippen molar-refractivity contribution in [2.45, 2.75) is 20.0 Å². The van der Waals surface area contributed by atoms with Gasteiger partial charge in [-0.25, -0.2) is 0 Å². The van der Waals surface area contributed by atoms with Gasteiger partial charge in [-0.15, -0.1) is 6.58 Å². The van der Waals surface area contributed by atoms with Gasteiger partial charge in [0.1, 0.15) is 18.2 Å². The molecule has 3 aromatic carbocycles. The van der Waals surface area contributed by atoms with Crippen LogP contribution in [0.15, 0.2) is 78.9 Å². The number of Topliss-reactive ketones (excluding diaryl/α,β-unsaturated/α-hetero) is 1. The second-order valence-corrected chi connectivity index (χ2v) is 8.03. The van der Waals surface area contributed by atoms with Crippen molar-refractivity contribution in [3.05, 3.63) is 116 Å². The van der Waals surface area contributed by atoms with Crippen LogP contribution in [0.5, 0.6) is 11.5 Å². The second kappa shape index (κ2) is 12.3. The summed E-state index contributed by atoms with van der Waals surface area (Å²) in [6.45, 7) is 6.22. The smallest absolute Gasteiger partial charge is 0.270 e. The Balaban J connectivity index is 2.01. The van der Waals surface area contributed by atoms with Gasteiger partial charge in [0.15, 0.2) is 11.5 Å². The van der Waals surface area contributed by atoms with Crippen molar-refractivity contribution in [3.8, 4) is 17.6 Å². The van der Waals surface area contributed by atoms with E-state index in [-0.39, 0.29) is 23.4 Å². The fraction of sp³-hybridized carbons (Fsp3) is 0.143. The van der Waals surface area contributed by atoms with E-state index >= 15 is 0 Å². The molecule has 0 aliphatic rings. The highest BCUT2D eigenvalue weighted by Gasteiger charge is 2.18. The lowest BCUT2D eigenvalue weighted by atomic mass is 9.99. The first-order chi connectivity index (χ1) is 17.4. The van der Waals surface area contributed by atoms with Crippen LogP contribution in [-0.4, -0.2) is 17.3 Å². The lowest BCUT2D eigenvalue weighted by Crippen LogP contribution is -2.05. The van der Waals surface area contributed by atoms with E-state index in [4.69, 9.17) is 21.1 Å². The van der Waals surface area contributed by atoms with Gasteiger partial charge in [-0.3, -0.25) is 14.9 Å². The van der Waals surface area contributed by atoms with Crippen molar-refractivity contribution >= 4 is 29.1 Å². The topological polar surface area (TPSA) is 102 Å². The molecular weight excluding hydrogens is 480 g/mol. The highest BCUT2D eigenvalue weighted by Crippen LogP contribution is 2.36. The minimum atomic E-state index is -0.622. The number of non-ortho nitro benzene ring substituents is 1. The zero-order valence-electron chi connectivity index (χ0n) is 19.6. The van der Waals surface area contributed by atoms with E-state index in [9.17, 15) is 20.2 Å². The van der Waals surface area contributed by atoms with E-state index in [1.165, 1.54) is 24.3 Å². The summed E-state index contributed by atoms with van der Waals surface area (Å²) in [5.41, 5.74) is 1.74. The molecule has 0 bridgehead atoms. The number of nitrogens with zero attached hydrogens (tertiary/aromatic N) is 2. The number of halogens is 1. The molecule has 182 valence electrons. The van der Waals surface area contributed by atoms with E-state index in [1.807, 2.05) is 31.2 Å². The molecule has 0 saturated carbocycles. The number of carbonyl (C=O) groups is 1. The number of ether oxygens (including phenoxy) is 2. The van der Waals surface area contributed by atoms with Gasteiger partial charge in [0.25, 0.3) is 5.69 Å². The third-order valence-electron chi connectivity index (χ3n) is 5.14. The van der Waals surface area contributed by atoms with E-state index in [0.717, 1.165) is 17.2 Å². The standard InChI is InChI=1S/C28H23ClN2O5/c1-3-8-21-13-19(14-23(17-30)27(32)20-10-7-11-24(16-20)31(33)34)15-26(35-4-2)28(21)36-18-22-9-5-6-12-25(22)29/h3,5-7,9-16H,1,4,8,18H2,2H3/b23-14-. The van der Waals surface area contributed by atoms with Gasteiger partial charge in [0.2, 0.25) is 5.78 Å². The third kappa shape index (κ3) is 6.38. The molecule has 0 saturated heterocycles. The molecule has 0 aromatic heterocycles. The van der Waals surface area contributed by atoms with Crippen molar-refractivity contribution in [1.82, 2.24) is 0 Å². The van der Waals surface area contributed by atoms with Crippen molar-refractivity contribution in [1.29, 1.82) is 5.26 Å². The van der Waals surface area contributed by atoms with E-state index in [2.05, 4.69) is 6.58 Å². The van der Waals surface area contributed by atoms with Gasteiger partial charge in [-0.05, 0) is 43.2 Å². The quantitative estimate of drug-likeness (QED) is 0.0717. The summed E-state index contributed by atoms with van der Waals surface area (Å²) in [5.74, 6) is 0.330. The number of nitro benzene ring substituents is 1. The molecule has 0 N–H and O–H groups in total. The fourth-order valence-electron chi connectivity index (χ4n) is 3.50. The first kappa shape index (κ1) is 26.2. The summed E-state index contributed by atoms with van der Waals surface area (Å²) in [7, 11) is 0. The summed E-state index contributed by atoms with van der Waals surface area (Å²) in [4.78, 5) is 23.4. The number of nitro groups is 1. The predicted molar refractivity (Wildman–Crippen MR) is 138 cm³/mol. The average Bonchev–Trinajstić information content (AvgIpc) is 2.87. The molecular formula is C28H23ClN2O5. The highest BCUT2D eigenvalue weighted by molar-refractivity contribution is 6.31. The van der Waals surface area contributed by atoms with Gasteiger partial charge in [0.05, 0.1) is 11.5 Å². The van der Waals surface area contributed by atoms with Gasteiger partial charge in [-0.2, -0.15) is 5.26 Å². The van der Waals surface area contributed by atoms with Crippen molar-refractivity contribution in [2.24, 2.45) is 0 Å². The molecule has 3 rings (SSSR count). The first-order valence-corrected chi connectivity index (χ1v) is 11.4. The van der Waals surface area contributed by atoms with Crippen LogP contribution in [0.4, 0.5) is 5.69 Å². The maximum absolute atomic E-state index is 12.9. The van der Waals surface area contributed by atoms with Crippen LogP contribution in [-0.2, 0) is 13.0 Å². The molecule has 0 aliphatic carbocycles. The lowest BCUT2D eigenvalue weighted by Gasteiger charge is -2.17. The number of rotatable bonds is 11. The van der Waals surface area contributed by atoms with Crippen LogP contribution in [0.2, 0.25) is 5.02 Å². The Morgan fingerprint density at radius 3 is 2.58 bits per heavy atom. The minimum absolute atomic E-state index is 0.0491. The monoisotopic (exact) mass is 502 g/mol. The fourth-order valence-corrected chi connectivity index (χ4v) is 3.69. The Bertz CT molecular complexity index is 1370. The van der Waals surface area contributed by atoms with Crippen LogP contribution >= 0.6 is 11.6 Å². The summed E-state index contributed by atoms with van der Waals surface area (Å²) in [6, 6.07) is 18.0. The van der Waals surface area contributed by atoms with Gasteiger partial charge < -0.3 is 9.47 Å². The Labute approximate surface area is 214 Å². The third-order valence-corrected chi connectivity index (χ3v) is 5.51. The van der Waals surface area contributed by atoms with Crippen molar-refractivity contribution < 1.29 is 19.2 Å². The van der Waals surface area contributed by atoms with Crippen LogP contribution in [0.25, 0.3) is 6.08 Å². The Hall–Kier alpha value is -4.41. The Morgan fingerprint density at radius 1 is 1.14 bits per heavy atom. The number of carbonyl (C=O) groups excluding carboxylic acids is 1. The maximum Gasteiger partial charge on any atom is 0.270 e. The molecule has 7 nitrogen and oxygen atoms in total. The molecule has 0 spiro atoms. The average molecular weight is 503 g/mol. The Morgan fingerprint density at radius 2 is 1.92 bits per heavy atom. The molecule has 36 heavy (non-hydrogen) atoms. The lowest BCUT2D eigenvalue weighted by molar-refractivity contribution is -0.384. The summed E-state index contributed by atoms with van der Waals surface area (Å²) in [6.07, 6.45) is 3.58. The molecule has 8 heteroatoms. The summed E-state index contributed by atoms with van der Waals surface area (Å²) >= 11 is 6.26. The van der Waals surface area contributed by atoms with Crippen LogP contribution in [0.3, 0.4) is 0 Å². The molecule has 0 fully saturated rings. The zero-order chi connectivity index (χ0) is 26.1. The van der Waals surface area contributed by atoms with E-state index in [0.29, 0.717) is 35.1 Å². The summed E-state index contributed by atoms with van der Waals surface area (Å²) < 4.78 is 11.9. The molecule has 0 atom stereocenters. The molecule has 0 radical (unpaired) electrons. The van der Waals surface area contributed by atoms with Crippen molar-refractivity contribution in [3.63, 3.8) is 0 Å². The van der Waals surface area contributed by atoms with Crippen LogP contribution in [0, 0.1) is 21.4 Å². The predicted octanol–water partition coefficient (Wildman–Crippen LogP) is 6.74. The normalized spacial score (nSPS) is 10.9. The number of nitriles is 1. The number of ketones is 1. The number of allylic oxidation sites excluding steroid dienone is 2. The Kier molecular flexibility index (Phi) is 8.98. The van der Waals surface area contributed by atoms with Gasteiger partial charge in [-0.1, -0.05) is 48.0 Å². The zero-order valence-corrected chi connectivity index (χ0v) is 20.3. The largest absolute Gasteiger partial charge is 0.490 e. The van der Waals surface area contributed by atoms with Gasteiger partial charge >= 0.3 is 0 Å². The highest BCUT2D eigenvalue weighted by atomic mass is 35.5. The molecule has 0 unspecified atom stereocenters. The van der Waals surface area contributed by atoms with Crippen LogP contribution in [0.1, 0.15) is 34.0 Å². The second-order valence-electron chi connectivity index (χ2n) is 7.62. The molecule has 0 heterocycles. The number of hydrogen-bond donors (Lipinski definition) is 0. The molecule has 0 aliphatic heterocycles. The summed E-state index contributed by atoms with van der Waals surface area (Å²) in [5, 5.41) is 21.3. The first-order valence-electron chi connectivity index (χ1n) is 11.1. The van der Waals surface area contributed by atoms with Crippen LogP contribution < -0.4 is 9.47 Å². The molecule has 0 amide bonds. The minimum Gasteiger partial charge on any atom is -0.490 e. The van der Waals surface area contributed by atoms with E-state index < -0.39 is 10.7 Å².